The third-order valence-corrected chi connectivity index (χ3v) is 5.84. The van der Waals surface area contributed by atoms with E-state index in [9.17, 15) is 9.59 Å². The number of hydrazine groups is 1. The number of benzene rings is 2. The Balaban J connectivity index is 1.74. The monoisotopic (exact) mass is 415 g/mol. The molecule has 8 heteroatoms. The van der Waals surface area contributed by atoms with Crippen LogP contribution in [-0.2, 0) is 4.79 Å². The number of Topliss-reactive ketones (excluding diaryl/α,β-unsaturated/α-hetero) is 1. The molecule has 0 bridgehead atoms. The summed E-state index contributed by atoms with van der Waals surface area (Å²) in [5, 5.41) is 3.57. The molecule has 152 valence electrons. The van der Waals surface area contributed by atoms with Crippen LogP contribution in [0.5, 0.6) is 11.5 Å². The van der Waals surface area contributed by atoms with Crippen molar-refractivity contribution in [2.45, 2.75) is 18.6 Å². The van der Waals surface area contributed by atoms with Crippen LogP contribution in [0.3, 0.4) is 0 Å². The van der Waals surface area contributed by atoms with E-state index in [1.807, 2.05) is 24.3 Å². The highest BCUT2D eigenvalue weighted by atomic mass is 35.5. The van der Waals surface area contributed by atoms with Gasteiger partial charge in [-0.3, -0.25) is 9.59 Å². The molecule has 7 nitrogen and oxygen atoms in total. The molecule has 2 heterocycles. The largest absolute Gasteiger partial charge is 0.496 e. The summed E-state index contributed by atoms with van der Waals surface area (Å²) < 4.78 is 10.8. The maximum absolute atomic E-state index is 13.7. The van der Waals surface area contributed by atoms with Gasteiger partial charge in [0.05, 0.1) is 26.4 Å². The Labute approximate surface area is 173 Å². The van der Waals surface area contributed by atoms with Gasteiger partial charge in [-0.15, -0.1) is 0 Å². The summed E-state index contributed by atoms with van der Waals surface area (Å²) >= 11 is 6.03. The molecule has 0 saturated carbocycles. The molecule has 4 unspecified atom stereocenters. The average Bonchev–Trinajstić information content (AvgIpc) is 3.16. The zero-order valence-electron chi connectivity index (χ0n) is 16.1. The number of hydrogen-bond donors (Lipinski definition) is 3. The second-order valence-electron chi connectivity index (χ2n) is 7.15. The Hall–Kier alpha value is -2.61. The molecule has 2 aliphatic heterocycles. The number of fused-ring (bicyclic) bond motifs is 1. The number of carbonyl (C=O) groups is 2. The molecule has 2 saturated heterocycles. The Morgan fingerprint density at radius 1 is 1.03 bits per heavy atom. The van der Waals surface area contributed by atoms with E-state index in [0.29, 0.717) is 22.1 Å². The smallest absolute Gasteiger partial charge is 0.222 e. The summed E-state index contributed by atoms with van der Waals surface area (Å²) in [6, 6.07) is 12.5. The van der Waals surface area contributed by atoms with Crippen molar-refractivity contribution in [3.05, 3.63) is 58.6 Å². The third kappa shape index (κ3) is 3.57. The Morgan fingerprint density at radius 2 is 1.69 bits per heavy atom. The number of ether oxygens (including phenoxy) is 2. The molecule has 3 N–H and O–H groups in total. The van der Waals surface area contributed by atoms with E-state index in [4.69, 9.17) is 21.1 Å². The van der Waals surface area contributed by atoms with Crippen LogP contribution in [0.1, 0.15) is 28.4 Å². The van der Waals surface area contributed by atoms with E-state index in [-0.39, 0.29) is 36.2 Å². The van der Waals surface area contributed by atoms with Crippen molar-refractivity contribution in [3.8, 4) is 11.5 Å². The Morgan fingerprint density at radius 3 is 2.31 bits per heavy atom. The van der Waals surface area contributed by atoms with Crippen molar-refractivity contribution < 1.29 is 19.1 Å². The summed E-state index contributed by atoms with van der Waals surface area (Å²) in [6.07, 6.45) is -0.277. The molecule has 0 aliphatic carbocycles. The van der Waals surface area contributed by atoms with Crippen molar-refractivity contribution in [3.63, 3.8) is 0 Å². The van der Waals surface area contributed by atoms with Gasteiger partial charge in [0.25, 0.3) is 0 Å². The highest BCUT2D eigenvalue weighted by molar-refractivity contribution is 6.30. The number of ketones is 1. The third-order valence-electron chi connectivity index (χ3n) is 5.59. The van der Waals surface area contributed by atoms with Crippen LogP contribution in [0.4, 0.5) is 0 Å². The molecule has 2 aromatic rings. The standard InChI is InChI=1S/C21H22ClN3O4/c1-28-14-4-3-5-15(29-2)18(14)20(27)13-10-16(26)23-21-17(13)19(24-25-21)11-6-8-12(22)9-7-11/h3-9,13,17,19,21,24-25H,10H2,1-2H3,(H,23,26). The minimum atomic E-state index is -0.554. The van der Waals surface area contributed by atoms with Crippen molar-refractivity contribution >= 4 is 23.3 Å². The number of nitrogens with one attached hydrogen (secondary N) is 3. The highest BCUT2D eigenvalue weighted by Crippen LogP contribution is 2.42. The number of piperidine rings is 1. The lowest BCUT2D eigenvalue weighted by molar-refractivity contribution is -0.125. The number of rotatable bonds is 5. The zero-order chi connectivity index (χ0) is 20.5. The second kappa shape index (κ2) is 8.02. The SMILES string of the molecule is COc1cccc(OC)c1C(=O)C1CC(=O)NC2NNC(c3ccc(Cl)cc3)C21. The maximum Gasteiger partial charge on any atom is 0.222 e. The van der Waals surface area contributed by atoms with Gasteiger partial charge in [0.2, 0.25) is 5.91 Å². The molecule has 29 heavy (non-hydrogen) atoms. The van der Waals surface area contributed by atoms with Crippen LogP contribution >= 0.6 is 11.6 Å². The molecule has 4 rings (SSSR count). The fourth-order valence-corrected chi connectivity index (χ4v) is 4.38. The van der Waals surface area contributed by atoms with Crippen molar-refractivity contribution in [2.75, 3.05) is 14.2 Å². The molecule has 4 atom stereocenters. The first-order valence-corrected chi connectivity index (χ1v) is 9.72. The topological polar surface area (TPSA) is 88.7 Å². The van der Waals surface area contributed by atoms with Gasteiger partial charge in [0.1, 0.15) is 17.1 Å². The normalized spacial score (nSPS) is 25.8. The van der Waals surface area contributed by atoms with Crippen LogP contribution in [-0.4, -0.2) is 32.1 Å². The van der Waals surface area contributed by atoms with Gasteiger partial charge >= 0.3 is 0 Å². The van der Waals surface area contributed by atoms with Crippen LogP contribution in [0.25, 0.3) is 0 Å². The van der Waals surface area contributed by atoms with Gasteiger partial charge in [-0.05, 0) is 29.8 Å². The first-order chi connectivity index (χ1) is 14.0. The minimum Gasteiger partial charge on any atom is -0.496 e. The summed E-state index contributed by atoms with van der Waals surface area (Å²) in [6.45, 7) is 0. The summed E-state index contributed by atoms with van der Waals surface area (Å²) in [5.41, 5.74) is 7.68. The average molecular weight is 416 g/mol. The minimum absolute atomic E-state index is 0.0919. The molecule has 0 aromatic heterocycles. The first kappa shape index (κ1) is 19.7. The molecule has 2 aliphatic rings. The molecule has 0 spiro atoms. The van der Waals surface area contributed by atoms with Crippen LogP contribution < -0.4 is 25.6 Å². The quantitative estimate of drug-likeness (QED) is 0.650. The second-order valence-corrected chi connectivity index (χ2v) is 7.59. The number of hydrogen-bond acceptors (Lipinski definition) is 6. The van der Waals surface area contributed by atoms with Crippen LogP contribution in [0, 0.1) is 11.8 Å². The molecular weight excluding hydrogens is 394 g/mol. The summed E-state index contributed by atoms with van der Waals surface area (Å²) in [5.74, 6) is -0.242. The summed E-state index contributed by atoms with van der Waals surface area (Å²) in [4.78, 5) is 26.0. The van der Waals surface area contributed by atoms with E-state index in [0.717, 1.165) is 5.56 Å². The zero-order valence-corrected chi connectivity index (χ0v) is 16.8. The van der Waals surface area contributed by atoms with E-state index in [2.05, 4.69) is 16.2 Å². The van der Waals surface area contributed by atoms with Gasteiger partial charge in [0, 0.05) is 23.3 Å². The molecule has 0 radical (unpaired) electrons. The van der Waals surface area contributed by atoms with E-state index < -0.39 is 5.92 Å². The van der Waals surface area contributed by atoms with Gasteiger partial charge in [0.15, 0.2) is 5.78 Å². The predicted molar refractivity (Wildman–Crippen MR) is 108 cm³/mol. The van der Waals surface area contributed by atoms with Crippen LogP contribution in [0.2, 0.25) is 5.02 Å². The fraction of sp³-hybridized carbons (Fsp3) is 0.333. The number of amides is 1. The predicted octanol–water partition coefficient (Wildman–Crippen LogP) is 2.47. The highest BCUT2D eigenvalue weighted by Gasteiger charge is 2.49. The number of methoxy groups -OCH3 is 2. The molecular formula is C21H22ClN3O4. The van der Waals surface area contributed by atoms with Crippen molar-refractivity contribution in [1.29, 1.82) is 0 Å². The van der Waals surface area contributed by atoms with Crippen molar-refractivity contribution in [2.24, 2.45) is 11.8 Å². The Bertz CT molecular complexity index is 912. The lowest BCUT2D eigenvalue weighted by Crippen LogP contribution is -2.54. The number of halogens is 1. The maximum atomic E-state index is 13.7. The van der Waals surface area contributed by atoms with E-state index in [1.54, 1.807) is 18.2 Å². The van der Waals surface area contributed by atoms with Gasteiger partial charge in [-0.25, -0.2) is 10.9 Å². The summed E-state index contributed by atoms with van der Waals surface area (Å²) in [7, 11) is 3.02. The Kier molecular flexibility index (Phi) is 5.45. The van der Waals surface area contributed by atoms with E-state index in [1.165, 1.54) is 14.2 Å². The van der Waals surface area contributed by atoms with Gasteiger partial charge in [-0.2, -0.15) is 0 Å². The molecule has 1 amide bonds. The van der Waals surface area contributed by atoms with Crippen molar-refractivity contribution in [1.82, 2.24) is 16.2 Å². The lowest BCUT2D eigenvalue weighted by atomic mass is 9.74. The van der Waals surface area contributed by atoms with E-state index >= 15 is 0 Å². The fourth-order valence-electron chi connectivity index (χ4n) is 4.25. The first-order valence-electron chi connectivity index (χ1n) is 9.34. The number of carbonyl (C=O) groups excluding carboxylic acids is 2. The van der Waals surface area contributed by atoms with Gasteiger partial charge < -0.3 is 14.8 Å². The van der Waals surface area contributed by atoms with Crippen LogP contribution in [0.15, 0.2) is 42.5 Å². The molecule has 2 aromatic carbocycles. The lowest BCUT2D eigenvalue weighted by Gasteiger charge is -2.35. The van der Waals surface area contributed by atoms with Gasteiger partial charge in [-0.1, -0.05) is 29.8 Å². The molecule has 2 fully saturated rings.